The van der Waals surface area contributed by atoms with Crippen LogP contribution in [0.5, 0.6) is 11.5 Å². The standard InChI is InChI=1S/C15H16O4S/c1-17-7-8-19-13-6-4-3-5-12(13)15(16)14-9-11(18-2)10-20-14/h3-6,9-10H,7-8H2,1-2H3. The lowest BCUT2D eigenvalue weighted by Crippen LogP contribution is -2.08. The first-order valence-electron chi connectivity index (χ1n) is 6.14. The Kier molecular flexibility index (Phi) is 5.15. The van der Waals surface area contributed by atoms with Crippen molar-refractivity contribution in [3.63, 3.8) is 0 Å². The van der Waals surface area contributed by atoms with Gasteiger partial charge in [-0.25, -0.2) is 0 Å². The predicted octanol–water partition coefficient (Wildman–Crippen LogP) is 3.01. The van der Waals surface area contributed by atoms with Gasteiger partial charge >= 0.3 is 0 Å². The summed E-state index contributed by atoms with van der Waals surface area (Å²) in [5.41, 5.74) is 0.549. The molecule has 0 saturated carbocycles. The molecule has 0 fully saturated rings. The number of ether oxygens (including phenoxy) is 3. The molecule has 0 radical (unpaired) electrons. The molecule has 0 aliphatic carbocycles. The molecule has 20 heavy (non-hydrogen) atoms. The van der Waals surface area contributed by atoms with Gasteiger partial charge in [-0.3, -0.25) is 4.79 Å². The van der Waals surface area contributed by atoms with Crippen molar-refractivity contribution in [1.82, 2.24) is 0 Å². The highest BCUT2D eigenvalue weighted by Crippen LogP contribution is 2.27. The fourth-order valence-corrected chi connectivity index (χ4v) is 2.50. The van der Waals surface area contributed by atoms with Gasteiger partial charge in [0.1, 0.15) is 18.1 Å². The van der Waals surface area contributed by atoms with Crippen LogP contribution in [0.3, 0.4) is 0 Å². The highest BCUT2D eigenvalue weighted by molar-refractivity contribution is 7.12. The summed E-state index contributed by atoms with van der Waals surface area (Å²) in [6, 6.07) is 8.94. The van der Waals surface area contributed by atoms with Gasteiger partial charge in [0.05, 0.1) is 24.2 Å². The van der Waals surface area contributed by atoms with E-state index in [-0.39, 0.29) is 5.78 Å². The van der Waals surface area contributed by atoms with E-state index < -0.39 is 0 Å². The molecule has 1 heterocycles. The molecule has 0 N–H and O–H groups in total. The molecule has 2 rings (SSSR count). The Morgan fingerprint density at radius 3 is 2.70 bits per heavy atom. The van der Waals surface area contributed by atoms with Crippen LogP contribution in [-0.4, -0.2) is 33.2 Å². The Morgan fingerprint density at radius 2 is 2.00 bits per heavy atom. The molecule has 0 saturated heterocycles. The van der Waals surface area contributed by atoms with Crippen molar-refractivity contribution in [2.24, 2.45) is 0 Å². The van der Waals surface area contributed by atoms with Crippen LogP contribution in [0.25, 0.3) is 0 Å². The molecule has 0 amide bonds. The maximum Gasteiger partial charge on any atom is 0.206 e. The molecule has 2 aromatic rings. The maximum atomic E-state index is 12.5. The number of para-hydroxylation sites is 1. The first-order valence-corrected chi connectivity index (χ1v) is 7.02. The van der Waals surface area contributed by atoms with E-state index in [9.17, 15) is 4.79 Å². The van der Waals surface area contributed by atoms with Crippen LogP contribution >= 0.6 is 11.3 Å². The second-order valence-corrected chi connectivity index (χ2v) is 4.93. The molecule has 0 atom stereocenters. The Labute approximate surface area is 121 Å². The highest BCUT2D eigenvalue weighted by Gasteiger charge is 2.16. The van der Waals surface area contributed by atoms with Crippen molar-refractivity contribution < 1.29 is 19.0 Å². The first kappa shape index (κ1) is 14.6. The van der Waals surface area contributed by atoms with E-state index in [0.717, 1.165) is 0 Å². The number of benzene rings is 1. The number of thiophene rings is 1. The third-order valence-electron chi connectivity index (χ3n) is 2.71. The van der Waals surface area contributed by atoms with Crippen LogP contribution in [0.2, 0.25) is 0 Å². The zero-order chi connectivity index (χ0) is 14.4. The summed E-state index contributed by atoms with van der Waals surface area (Å²) in [6.07, 6.45) is 0. The number of hydrogen-bond donors (Lipinski definition) is 0. The van der Waals surface area contributed by atoms with E-state index in [0.29, 0.717) is 35.2 Å². The molecule has 0 aliphatic rings. The van der Waals surface area contributed by atoms with Crippen molar-refractivity contribution in [3.05, 3.63) is 46.2 Å². The quantitative estimate of drug-likeness (QED) is 0.581. The van der Waals surface area contributed by atoms with E-state index in [4.69, 9.17) is 14.2 Å². The number of carbonyl (C=O) groups is 1. The number of hydrogen-bond acceptors (Lipinski definition) is 5. The van der Waals surface area contributed by atoms with Gasteiger partial charge in [0.25, 0.3) is 0 Å². The second kappa shape index (κ2) is 7.07. The third-order valence-corrected chi connectivity index (χ3v) is 3.62. The molecular formula is C15H16O4S. The maximum absolute atomic E-state index is 12.5. The van der Waals surface area contributed by atoms with Gasteiger partial charge in [0, 0.05) is 18.6 Å². The van der Waals surface area contributed by atoms with Gasteiger partial charge in [-0.2, -0.15) is 0 Å². The zero-order valence-electron chi connectivity index (χ0n) is 11.4. The van der Waals surface area contributed by atoms with Crippen molar-refractivity contribution in [3.8, 4) is 11.5 Å². The van der Waals surface area contributed by atoms with Gasteiger partial charge in [0.15, 0.2) is 0 Å². The number of rotatable bonds is 7. The van der Waals surface area contributed by atoms with Crippen LogP contribution in [0.4, 0.5) is 0 Å². The first-order chi connectivity index (χ1) is 9.76. The molecule has 5 heteroatoms. The van der Waals surface area contributed by atoms with Crippen molar-refractivity contribution in [2.75, 3.05) is 27.4 Å². The lowest BCUT2D eigenvalue weighted by atomic mass is 10.1. The summed E-state index contributed by atoms with van der Waals surface area (Å²) in [5.74, 6) is 1.20. The SMILES string of the molecule is COCCOc1ccccc1C(=O)c1cc(OC)cs1. The van der Waals surface area contributed by atoms with Crippen LogP contribution < -0.4 is 9.47 Å². The number of carbonyl (C=O) groups excluding carboxylic acids is 1. The lowest BCUT2D eigenvalue weighted by molar-refractivity contribution is 0.103. The van der Waals surface area contributed by atoms with Crippen LogP contribution in [0, 0.1) is 0 Å². The molecule has 0 aliphatic heterocycles. The van der Waals surface area contributed by atoms with E-state index in [1.54, 1.807) is 32.4 Å². The third kappa shape index (κ3) is 3.37. The minimum absolute atomic E-state index is 0.0636. The zero-order valence-corrected chi connectivity index (χ0v) is 12.2. The monoisotopic (exact) mass is 292 g/mol. The smallest absolute Gasteiger partial charge is 0.206 e. The van der Waals surface area contributed by atoms with Crippen molar-refractivity contribution in [1.29, 1.82) is 0 Å². The fraction of sp³-hybridized carbons (Fsp3) is 0.267. The molecular weight excluding hydrogens is 276 g/mol. The summed E-state index contributed by atoms with van der Waals surface area (Å²) >= 11 is 1.36. The van der Waals surface area contributed by atoms with Gasteiger partial charge < -0.3 is 14.2 Å². The topological polar surface area (TPSA) is 44.8 Å². The molecule has 0 bridgehead atoms. The fourth-order valence-electron chi connectivity index (χ4n) is 1.69. The molecule has 1 aromatic heterocycles. The molecule has 1 aromatic carbocycles. The van der Waals surface area contributed by atoms with Gasteiger partial charge in [-0.1, -0.05) is 12.1 Å². The minimum atomic E-state index is -0.0636. The van der Waals surface area contributed by atoms with Gasteiger partial charge in [0.2, 0.25) is 5.78 Å². The predicted molar refractivity (Wildman–Crippen MR) is 78.1 cm³/mol. The Morgan fingerprint density at radius 1 is 1.20 bits per heavy atom. The average molecular weight is 292 g/mol. The molecule has 0 unspecified atom stereocenters. The van der Waals surface area contributed by atoms with Crippen LogP contribution in [-0.2, 0) is 4.74 Å². The molecule has 4 nitrogen and oxygen atoms in total. The van der Waals surface area contributed by atoms with Crippen molar-refractivity contribution in [2.45, 2.75) is 0 Å². The summed E-state index contributed by atoms with van der Waals surface area (Å²) in [4.78, 5) is 13.1. The number of methoxy groups -OCH3 is 2. The van der Waals surface area contributed by atoms with Crippen LogP contribution in [0.1, 0.15) is 15.2 Å². The van der Waals surface area contributed by atoms with E-state index in [2.05, 4.69) is 0 Å². The lowest BCUT2D eigenvalue weighted by Gasteiger charge is -2.09. The average Bonchev–Trinajstić information content (AvgIpc) is 2.96. The Bertz CT molecular complexity index is 577. The normalized spacial score (nSPS) is 10.3. The van der Waals surface area contributed by atoms with E-state index in [1.807, 2.05) is 17.5 Å². The Hall–Kier alpha value is -1.85. The minimum Gasteiger partial charge on any atom is -0.496 e. The summed E-state index contributed by atoms with van der Waals surface area (Å²) in [7, 11) is 3.19. The Balaban J connectivity index is 2.20. The van der Waals surface area contributed by atoms with E-state index >= 15 is 0 Å². The summed E-state index contributed by atoms with van der Waals surface area (Å²) in [6.45, 7) is 0.893. The van der Waals surface area contributed by atoms with Crippen molar-refractivity contribution >= 4 is 17.1 Å². The van der Waals surface area contributed by atoms with Gasteiger partial charge in [-0.15, -0.1) is 11.3 Å². The largest absolute Gasteiger partial charge is 0.496 e. The molecule has 0 spiro atoms. The van der Waals surface area contributed by atoms with E-state index in [1.165, 1.54) is 11.3 Å². The van der Waals surface area contributed by atoms with Gasteiger partial charge in [-0.05, 0) is 12.1 Å². The number of ketones is 1. The highest BCUT2D eigenvalue weighted by atomic mass is 32.1. The second-order valence-electron chi connectivity index (χ2n) is 4.02. The summed E-state index contributed by atoms with van der Waals surface area (Å²) in [5, 5.41) is 1.81. The van der Waals surface area contributed by atoms with Crippen LogP contribution in [0.15, 0.2) is 35.7 Å². The summed E-state index contributed by atoms with van der Waals surface area (Å²) < 4.78 is 15.6. The molecule has 106 valence electrons.